The summed E-state index contributed by atoms with van der Waals surface area (Å²) in [5.74, 6) is -0.0119. The maximum absolute atomic E-state index is 12.0. The number of aryl methyl sites for hydroxylation is 1. The Balaban J connectivity index is 2.00. The molecule has 1 amide bonds. The van der Waals surface area contributed by atoms with Crippen LogP contribution in [0.4, 0.5) is 5.69 Å². The first kappa shape index (κ1) is 14.3. The highest BCUT2D eigenvalue weighted by molar-refractivity contribution is 5.94. The van der Waals surface area contributed by atoms with Gasteiger partial charge in [0.1, 0.15) is 0 Å². The number of esters is 1. The van der Waals surface area contributed by atoms with Gasteiger partial charge in [0.05, 0.1) is 12.7 Å². The molecule has 4 heteroatoms. The first-order valence-electron chi connectivity index (χ1n) is 6.75. The zero-order valence-electron chi connectivity index (χ0n) is 11.8. The van der Waals surface area contributed by atoms with Gasteiger partial charge in [0.2, 0.25) is 5.91 Å². The van der Waals surface area contributed by atoms with E-state index in [0.717, 1.165) is 24.1 Å². The zero-order chi connectivity index (χ0) is 14.5. The second-order valence-electron chi connectivity index (χ2n) is 5.04. The second-order valence-corrected chi connectivity index (χ2v) is 5.04. The molecule has 20 heavy (non-hydrogen) atoms. The molecule has 0 bridgehead atoms. The summed E-state index contributed by atoms with van der Waals surface area (Å²) in [7, 11) is 1.35. The topological polar surface area (TPSA) is 55.4 Å². The molecule has 0 heterocycles. The molecule has 1 aromatic carbocycles. The van der Waals surface area contributed by atoms with Crippen molar-refractivity contribution in [3.63, 3.8) is 0 Å². The highest BCUT2D eigenvalue weighted by atomic mass is 16.5. The Labute approximate surface area is 118 Å². The van der Waals surface area contributed by atoms with E-state index in [2.05, 4.69) is 22.2 Å². The molecule has 1 aliphatic carbocycles. The van der Waals surface area contributed by atoms with Crippen molar-refractivity contribution in [3.8, 4) is 0 Å². The van der Waals surface area contributed by atoms with Gasteiger partial charge in [0, 0.05) is 12.1 Å². The van der Waals surface area contributed by atoms with E-state index in [9.17, 15) is 9.59 Å². The maximum Gasteiger partial charge on any atom is 0.337 e. The lowest BCUT2D eigenvalue weighted by molar-refractivity contribution is -0.116. The minimum atomic E-state index is -0.373. The third-order valence-corrected chi connectivity index (χ3v) is 3.48. The van der Waals surface area contributed by atoms with Crippen LogP contribution in [-0.2, 0) is 9.53 Å². The Hall–Kier alpha value is -2.10. The van der Waals surface area contributed by atoms with Crippen molar-refractivity contribution in [1.29, 1.82) is 0 Å². The van der Waals surface area contributed by atoms with E-state index in [1.807, 2.05) is 6.92 Å². The van der Waals surface area contributed by atoms with Crippen molar-refractivity contribution >= 4 is 17.6 Å². The Morgan fingerprint density at radius 1 is 1.40 bits per heavy atom. The molecule has 1 aromatic rings. The van der Waals surface area contributed by atoms with Crippen LogP contribution in [0.5, 0.6) is 0 Å². The van der Waals surface area contributed by atoms with Crippen molar-refractivity contribution < 1.29 is 14.3 Å². The highest BCUT2D eigenvalue weighted by Crippen LogP contribution is 2.22. The van der Waals surface area contributed by atoms with E-state index in [-0.39, 0.29) is 11.9 Å². The van der Waals surface area contributed by atoms with Gasteiger partial charge in [-0.15, -0.1) is 0 Å². The van der Waals surface area contributed by atoms with Crippen LogP contribution in [0.2, 0.25) is 0 Å². The number of nitrogens with one attached hydrogen (secondary N) is 1. The van der Waals surface area contributed by atoms with Crippen LogP contribution in [0.25, 0.3) is 0 Å². The van der Waals surface area contributed by atoms with E-state index in [0.29, 0.717) is 17.9 Å². The molecule has 1 unspecified atom stereocenters. The Morgan fingerprint density at radius 3 is 2.80 bits per heavy atom. The summed E-state index contributed by atoms with van der Waals surface area (Å²) in [5.41, 5.74) is 2.08. The standard InChI is InChI=1S/C16H19NO3/c1-11-9-13(16(19)20-2)7-8-14(11)17-15(18)10-12-5-3-4-6-12/h3,5,7-9,12H,4,6,10H2,1-2H3,(H,17,18). The minimum absolute atomic E-state index is 0.00969. The van der Waals surface area contributed by atoms with E-state index in [1.54, 1.807) is 18.2 Å². The first-order valence-corrected chi connectivity index (χ1v) is 6.75. The van der Waals surface area contributed by atoms with E-state index >= 15 is 0 Å². The number of ether oxygens (including phenoxy) is 1. The van der Waals surface area contributed by atoms with Gasteiger partial charge in [-0.2, -0.15) is 0 Å². The van der Waals surface area contributed by atoms with Gasteiger partial charge in [-0.25, -0.2) is 4.79 Å². The number of rotatable bonds is 4. The van der Waals surface area contributed by atoms with Crippen LogP contribution in [0.3, 0.4) is 0 Å². The molecule has 1 atom stereocenters. The van der Waals surface area contributed by atoms with Crippen LogP contribution >= 0.6 is 0 Å². The molecule has 4 nitrogen and oxygen atoms in total. The fourth-order valence-corrected chi connectivity index (χ4v) is 2.35. The Kier molecular flexibility index (Phi) is 4.56. The molecule has 0 fully saturated rings. The lowest BCUT2D eigenvalue weighted by Crippen LogP contribution is -2.15. The summed E-state index contributed by atoms with van der Waals surface area (Å²) in [4.78, 5) is 23.4. The number of benzene rings is 1. The predicted octanol–water partition coefficient (Wildman–Crippen LogP) is 3.08. The number of allylic oxidation sites excluding steroid dienone is 2. The number of methoxy groups -OCH3 is 1. The van der Waals surface area contributed by atoms with Gasteiger partial charge >= 0.3 is 5.97 Å². The fourth-order valence-electron chi connectivity index (χ4n) is 2.35. The lowest BCUT2D eigenvalue weighted by atomic mass is 10.0. The van der Waals surface area contributed by atoms with E-state index in [1.165, 1.54) is 7.11 Å². The average Bonchev–Trinajstić information content (AvgIpc) is 2.93. The summed E-state index contributed by atoms with van der Waals surface area (Å²) in [6.07, 6.45) is 6.84. The summed E-state index contributed by atoms with van der Waals surface area (Å²) < 4.78 is 4.67. The molecule has 0 saturated carbocycles. The smallest absolute Gasteiger partial charge is 0.337 e. The number of carbonyl (C=O) groups is 2. The molecule has 0 aliphatic heterocycles. The summed E-state index contributed by atoms with van der Waals surface area (Å²) >= 11 is 0. The quantitative estimate of drug-likeness (QED) is 0.677. The number of hydrogen-bond donors (Lipinski definition) is 1. The van der Waals surface area contributed by atoms with E-state index < -0.39 is 0 Å². The van der Waals surface area contributed by atoms with Crippen LogP contribution in [0, 0.1) is 12.8 Å². The first-order chi connectivity index (χ1) is 9.60. The zero-order valence-corrected chi connectivity index (χ0v) is 11.8. The predicted molar refractivity (Wildman–Crippen MR) is 77.6 cm³/mol. The fraction of sp³-hybridized carbons (Fsp3) is 0.375. The molecular weight excluding hydrogens is 254 g/mol. The van der Waals surface area contributed by atoms with Crippen molar-refractivity contribution in [3.05, 3.63) is 41.5 Å². The van der Waals surface area contributed by atoms with E-state index in [4.69, 9.17) is 0 Å². The van der Waals surface area contributed by atoms with Gasteiger partial charge in [0.25, 0.3) is 0 Å². The van der Waals surface area contributed by atoms with Gasteiger partial charge in [-0.1, -0.05) is 12.2 Å². The summed E-state index contributed by atoms with van der Waals surface area (Å²) in [6, 6.07) is 5.12. The minimum Gasteiger partial charge on any atom is -0.465 e. The molecular formula is C16H19NO3. The number of carbonyl (C=O) groups excluding carboxylic acids is 2. The summed E-state index contributed by atoms with van der Waals surface area (Å²) in [6.45, 7) is 1.86. The van der Waals surface area contributed by atoms with Crippen molar-refractivity contribution in [1.82, 2.24) is 0 Å². The van der Waals surface area contributed by atoms with Crippen LogP contribution in [0.15, 0.2) is 30.4 Å². The normalized spacial score (nSPS) is 17.0. The lowest BCUT2D eigenvalue weighted by Gasteiger charge is -2.11. The van der Waals surface area contributed by atoms with Gasteiger partial charge in [-0.05, 0) is 49.4 Å². The SMILES string of the molecule is COC(=O)c1ccc(NC(=O)CC2C=CCC2)c(C)c1. The highest BCUT2D eigenvalue weighted by Gasteiger charge is 2.15. The Bertz CT molecular complexity index is 549. The Morgan fingerprint density at radius 2 is 2.20 bits per heavy atom. The molecule has 0 aromatic heterocycles. The maximum atomic E-state index is 12.0. The number of hydrogen-bond acceptors (Lipinski definition) is 3. The van der Waals surface area contributed by atoms with Crippen molar-refractivity contribution in [2.24, 2.45) is 5.92 Å². The largest absolute Gasteiger partial charge is 0.465 e. The third kappa shape index (κ3) is 3.47. The second kappa shape index (κ2) is 6.37. The molecule has 0 radical (unpaired) electrons. The van der Waals surface area contributed by atoms with Crippen molar-refractivity contribution in [2.75, 3.05) is 12.4 Å². The molecule has 0 spiro atoms. The van der Waals surface area contributed by atoms with Crippen molar-refractivity contribution in [2.45, 2.75) is 26.2 Å². The monoisotopic (exact) mass is 273 g/mol. The summed E-state index contributed by atoms with van der Waals surface area (Å²) in [5, 5.41) is 2.90. The molecule has 1 N–H and O–H groups in total. The number of anilines is 1. The molecule has 2 rings (SSSR count). The van der Waals surface area contributed by atoms with Crippen LogP contribution in [0.1, 0.15) is 35.2 Å². The molecule has 106 valence electrons. The molecule has 0 saturated heterocycles. The van der Waals surface area contributed by atoms with Crippen LogP contribution in [-0.4, -0.2) is 19.0 Å². The number of amides is 1. The third-order valence-electron chi connectivity index (χ3n) is 3.48. The van der Waals surface area contributed by atoms with Gasteiger partial charge < -0.3 is 10.1 Å². The molecule has 1 aliphatic rings. The van der Waals surface area contributed by atoms with Gasteiger partial charge in [0.15, 0.2) is 0 Å². The van der Waals surface area contributed by atoms with Crippen LogP contribution < -0.4 is 5.32 Å². The van der Waals surface area contributed by atoms with Gasteiger partial charge in [-0.3, -0.25) is 4.79 Å². The average molecular weight is 273 g/mol.